The monoisotopic (exact) mass is 464 g/mol. The molecule has 0 spiro atoms. The molecule has 1 aromatic rings. The fourth-order valence-electron chi connectivity index (χ4n) is 3.33. The van der Waals surface area contributed by atoms with E-state index in [-0.39, 0.29) is 35.6 Å². The van der Waals surface area contributed by atoms with Crippen molar-refractivity contribution in [3.05, 3.63) is 35.4 Å². The summed E-state index contributed by atoms with van der Waals surface area (Å²) in [6, 6.07) is 4.83. The van der Waals surface area contributed by atoms with Crippen molar-refractivity contribution in [1.29, 1.82) is 0 Å². The maximum absolute atomic E-state index is 13.8. The molecule has 2 N–H and O–H groups in total. The van der Waals surface area contributed by atoms with E-state index >= 15 is 0 Å². The molecule has 140 valence electrons. The van der Waals surface area contributed by atoms with E-state index in [2.05, 4.69) is 20.5 Å². The van der Waals surface area contributed by atoms with Crippen molar-refractivity contribution >= 4 is 29.9 Å². The molecule has 3 rings (SSSR count). The highest BCUT2D eigenvalue weighted by molar-refractivity contribution is 14.0. The molecule has 0 amide bonds. The van der Waals surface area contributed by atoms with Crippen LogP contribution >= 0.6 is 24.0 Å². The molecule has 1 aromatic carbocycles. The Balaban J connectivity index is 0.00000225. The van der Waals surface area contributed by atoms with E-state index in [0.29, 0.717) is 12.6 Å². The van der Waals surface area contributed by atoms with E-state index in [4.69, 9.17) is 0 Å². The summed E-state index contributed by atoms with van der Waals surface area (Å²) >= 11 is 0. The van der Waals surface area contributed by atoms with Crippen LogP contribution in [0, 0.1) is 11.6 Å². The van der Waals surface area contributed by atoms with Gasteiger partial charge in [-0.25, -0.2) is 8.78 Å². The van der Waals surface area contributed by atoms with Crippen molar-refractivity contribution in [2.24, 2.45) is 4.99 Å². The average molecular weight is 464 g/mol. The molecule has 1 unspecified atom stereocenters. The molecule has 1 aliphatic carbocycles. The lowest BCUT2D eigenvalue weighted by Gasteiger charge is -2.35. The third-order valence-electron chi connectivity index (χ3n) is 4.96. The lowest BCUT2D eigenvalue weighted by molar-refractivity contribution is 0.188. The molecule has 2 fully saturated rings. The van der Waals surface area contributed by atoms with E-state index in [1.165, 1.54) is 37.5 Å². The van der Waals surface area contributed by atoms with Gasteiger partial charge >= 0.3 is 0 Å². The number of hydrogen-bond acceptors (Lipinski definition) is 2. The van der Waals surface area contributed by atoms with Crippen LogP contribution in [-0.2, 0) is 6.54 Å². The van der Waals surface area contributed by atoms with Gasteiger partial charge in [0.2, 0.25) is 0 Å². The molecule has 0 radical (unpaired) electrons. The number of benzene rings is 1. The van der Waals surface area contributed by atoms with Gasteiger partial charge in [-0.1, -0.05) is 6.07 Å². The summed E-state index contributed by atoms with van der Waals surface area (Å²) in [6.07, 6.45) is 5.73. The Morgan fingerprint density at radius 2 is 1.76 bits per heavy atom. The van der Waals surface area contributed by atoms with Gasteiger partial charge in [-0.05, 0) is 50.8 Å². The fourth-order valence-corrected chi connectivity index (χ4v) is 3.33. The summed E-state index contributed by atoms with van der Waals surface area (Å²) < 4.78 is 27.7. The van der Waals surface area contributed by atoms with E-state index in [0.717, 1.165) is 31.9 Å². The first-order valence-corrected chi connectivity index (χ1v) is 8.81. The fraction of sp³-hybridized carbons (Fsp3) is 0.611. The van der Waals surface area contributed by atoms with Gasteiger partial charge in [0.05, 0.1) is 0 Å². The number of rotatable bonds is 4. The number of nitrogens with one attached hydrogen (secondary N) is 2. The molecule has 25 heavy (non-hydrogen) atoms. The maximum atomic E-state index is 13.8. The van der Waals surface area contributed by atoms with Crippen molar-refractivity contribution in [3.8, 4) is 0 Å². The van der Waals surface area contributed by atoms with Crippen molar-refractivity contribution in [2.75, 3.05) is 20.1 Å². The van der Waals surface area contributed by atoms with Crippen LogP contribution in [0.3, 0.4) is 0 Å². The van der Waals surface area contributed by atoms with Gasteiger partial charge in [0.15, 0.2) is 5.96 Å². The highest BCUT2D eigenvalue weighted by atomic mass is 127. The molecule has 1 saturated heterocycles. The number of likely N-dealkylation sites (tertiary alicyclic amines) is 1. The smallest absolute Gasteiger partial charge is 0.191 e. The molecule has 1 saturated carbocycles. The molecule has 7 heteroatoms. The van der Waals surface area contributed by atoms with Gasteiger partial charge in [-0.2, -0.15) is 0 Å². The lowest BCUT2D eigenvalue weighted by Crippen LogP contribution is -2.53. The molecule has 0 bridgehead atoms. The van der Waals surface area contributed by atoms with E-state index in [1.807, 2.05) is 0 Å². The SMILES string of the molecule is CN=C(NC1CCC1)NC1CCCN(Cc2c(F)cccc2F)C1.I. The van der Waals surface area contributed by atoms with Gasteiger partial charge in [0.1, 0.15) is 11.6 Å². The van der Waals surface area contributed by atoms with Crippen LogP contribution in [0.1, 0.15) is 37.7 Å². The third kappa shape index (κ3) is 5.51. The molecule has 2 aliphatic rings. The Morgan fingerprint density at radius 1 is 1.12 bits per heavy atom. The molecule has 1 heterocycles. The Bertz CT molecular complexity index is 572. The first-order chi connectivity index (χ1) is 11.7. The molecule has 1 aliphatic heterocycles. The summed E-state index contributed by atoms with van der Waals surface area (Å²) in [7, 11) is 1.78. The van der Waals surface area contributed by atoms with Gasteiger partial charge in [-0.15, -0.1) is 24.0 Å². The zero-order valence-electron chi connectivity index (χ0n) is 14.6. The van der Waals surface area contributed by atoms with Crippen molar-refractivity contribution in [3.63, 3.8) is 0 Å². The second-order valence-corrected chi connectivity index (χ2v) is 6.76. The first-order valence-electron chi connectivity index (χ1n) is 8.81. The standard InChI is InChI=1S/C18H26F2N4.HI/c1-21-18(22-13-5-2-6-13)23-14-7-4-10-24(11-14)12-15-16(19)8-3-9-17(15)20;/h3,8-9,13-14H,2,4-7,10-12H2,1H3,(H2,21,22,23);1H. The largest absolute Gasteiger partial charge is 0.354 e. The third-order valence-corrected chi connectivity index (χ3v) is 4.96. The second kappa shape index (κ2) is 9.66. The summed E-state index contributed by atoms with van der Waals surface area (Å²) in [5, 5.41) is 6.89. The molecule has 4 nitrogen and oxygen atoms in total. The molecule has 1 atom stereocenters. The zero-order chi connectivity index (χ0) is 16.9. The van der Waals surface area contributed by atoms with E-state index < -0.39 is 11.6 Å². The summed E-state index contributed by atoms with van der Waals surface area (Å²) in [6.45, 7) is 1.94. The zero-order valence-corrected chi connectivity index (χ0v) is 16.9. The Kier molecular flexibility index (Phi) is 7.86. The van der Waals surface area contributed by atoms with Crippen LogP contribution in [0.15, 0.2) is 23.2 Å². The minimum absolute atomic E-state index is 0. The first kappa shape index (κ1) is 20.4. The number of aliphatic imine (C=N–C) groups is 1. The molecule has 0 aromatic heterocycles. The minimum atomic E-state index is -0.465. The van der Waals surface area contributed by atoms with Crippen molar-refractivity contribution in [1.82, 2.24) is 15.5 Å². The van der Waals surface area contributed by atoms with Gasteiger partial charge in [0.25, 0.3) is 0 Å². The average Bonchev–Trinajstić information content (AvgIpc) is 2.53. The Labute approximate surface area is 165 Å². The van der Waals surface area contributed by atoms with Gasteiger partial charge in [-0.3, -0.25) is 9.89 Å². The quantitative estimate of drug-likeness (QED) is 0.409. The van der Waals surface area contributed by atoms with Crippen LogP contribution in [0.2, 0.25) is 0 Å². The number of hydrogen-bond donors (Lipinski definition) is 2. The number of halogens is 3. The molecular weight excluding hydrogens is 437 g/mol. The Morgan fingerprint density at radius 3 is 2.36 bits per heavy atom. The van der Waals surface area contributed by atoms with E-state index in [9.17, 15) is 8.78 Å². The lowest BCUT2D eigenvalue weighted by atomic mass is 9.93. The van der Waals surface area contributed by atoms with E-state index in [1.54, 1.807) is 7.05 Å². The van der Waals surface area contributed by atoms with Crippen molar-refractivity contribution < 1.29 is 8.78 Å². The van der Waals surface area contributed by atoms with Crippen molar-refractivity contribution in [2.45, 2.75) is 50.7 Å². The van der Waals surface area contributed by atoms with Crippen LogP contribution in [0.5, 0.6) is 0 Å². The predicted molar refractivity (Wildman–Crippen MR) is 107 cm³/mol. The van der Waals surface area contributed by atoms with Crippen LogP contribution in [-0.4, -0.2) is 43.1 Å². The van der Waals surface area contributed by atoms with Crippen LogP contribution in [0.4, 0.5) is 8.78 Å². The Hall–Kier alpha value is -0.960. The van der Waals surface area contributed by atoms with Crippen LogP contribution < -0.4 is 10.6 Å². The predicted octanol–water partition coefficient (Wildman–Crippen LogP) is 3.26. The summed E-state index contributed by atoms with van der Waals surface area (Å²) in [5.74, 6) is -0.0938. The second-order valence-electron chi connectivity index (χ2n) is 6.76. The van der Waals surface area contributed by atoms with Gasteiger partial charge in [0, 0.05) is 37.8 Å². The summed E-state index contributed by atoms with van der Waals surface area (Å²) in [4.78, 5) is 6.41. The van der Waals surface area contributed by atoms with Crippen LogP contribution in [0.25, 0.3) is 0 Å². The highest BCUT2D eigenvalue weighted by Gasteiger charge is 2.24. The number of nitrogens with zero attached hydrogens (tertiary/aromatic N) is 2. The number of guanidine groups is 1. The summed E-state index contributed by atoms with van der Waals surface area (Å²) in [5.41, 5.74) is 0.162. The minimum Gasteiger partial charge on any atom is -0.354 e. The maximum Gasteiger partial charge on any atom is 0.191 e. The highest BCUT2D eigenvalue weighted by Crippen LogP contribution is 2.19. The molecular formula is C18H27F2IN4. The topological polar surface area (TPSA) is 39.7 Å². The number of piperidine rings is 1. The van der Waals surface area contributed by atoms with Gasteiger partial charge < -0.3 is 10.6 Å². The normalized spacial score (nSPS) is 22.0.